The van der Waals surface area contributed by atoms with E-state index < -0.39 is 12.1 Å². The molecule has 106 valence electrons. The number of aliphatic hydroxyl groups is 1. The summed E-state index contributed by atoms with van der Waals surface area (Å²) in [5, 5.41) is 18.2. The van der Waals surface area contributed by atoms with Crippen LogP contribution >= 0.6 is 0 Å². The standard InChI is InChI=1S/C14H20O5/c1-3-7-18-11-6-5-10(9-15)13(8-11)19-12(4-2)14(16)17/h5-6,8,12,15H,3-4,7,9H2,1-2H3,(H,16,17). The molecule has 5 nitrogen and oxygen atoms in total. The Morgan fingerprint density at radius 1 is 1.37 bits per heavy atom. The van der Waals surface area contributed by atoms with Gasteiger partial charge in [-0.3, -0.25) is 0 Å². The molecule has 2 N–H and O–H groups in total. The predicted octanol–water partition coefficient (Wildman–Crippen LogP) is 2.21. The molecule has 0 aliphatic carbocycles. The number of rotatable bonds is 8. The highest BCUT2D eigenvalue weighted by molar-refractivity contribution is 5.72. The van der Waals surface area contributed by atoms with Gasteiger partial charge in [0.15, 0.2) is 6.10 Å². The second kappa shape index (κ2) is 7.63. The van der Waals surface area contributed by atoms with Gasteiger partial charge in [-0.1, -0.05) is 13.8 Å². The highest BCUT2D eigenvalue weighted by Gasteiger charge is 2.18. The summed E-state index contributed by atoms with van der Waals surface area (Å²) >= 11 is 0. The van der Waals surface area contributed by atoms with Gasteiger partial charge in [-0.25, -0.2) is 4.79 Å². The van der Waals surface area contributed by atoms with Crippen LogP contribution in [0.25, 0.3) is 0 Å². The third-order valence-corrected chi connectivity index (χ3v) is 2.60. The maximum Gasteiger partial charge on any atom is 0.344 e. The fourth-order valence-electron chi connectivity index (χ4n) is 1.55. The Hall–Kier alpha value is -1.75. The van der Waals surface area contributed by atoms with Gasteiger partial charge >= 0.3 is 5.97 Å². The van der Waals surface area contributed by atoms with Crippen molar-refractivity contribution in [3.05, 3.63) is 23.8 Å². The summed E-state index contributed by atoms with van der Waals surface area (Å²) in [7, 11) is 0. The number of aliphatic carboxylic acids is 1. The van der Waals surface area contributed by atoms with Gasteiger partial charge in [-0.05, 0) is 25.0 Å². The van der Waals surface area contributed by atoms with E-state index in [1.807, 2.05) is 6.92 Å². The molecule has 0 aliphatic heterocycles. The van der Waals surface area contributed by atoms with Gasteiger partial charge in [0, 0.05) is 11.6 Å². The van der Waals surface area contributed by atoms with Crippen molar-refractivity contribution in [3.8, 4) is 11.5 Å². The van der Waals surface area contributed by atoms with Gasteiger partial charge in [0.2, 0.25) is 0 Å². The topological polar surface area (TPSA) is 76.0 Å². The van der Waals surface area contributed by atoms with Crippen molar-refractivity contribution in [1.82, 2.24) is 0 Å². The Morgan fingerprint density at radius 2 is 2.11 bits per heavy atom. The molecule has 1 unspecified atom stereocenters. The monoisotopic (exact) mass is 268 g/mol. The average Bonchev–Trinajstić information content (AvgIpc) is 2.42. The highest BCUT2D eigenvalue weighted by atomic mass is 16.5. The van der Waals surface area contributed by atoms with Crippen molar-refractivity contribution >= 4 is 5.97 Å². The van der Waals surface area contributed by atoms with Gasteiger partial charge < -0.3 is 19.7 Å². The number of carboxylic acid groups (broad SMARTS) is 1. The summed E-state index contributed by atoms with van der Waals surface area (Å²) in [6, 6.07) is 5.03. The normalized spacial score (nSPS) is 11.9. The first-order valence-electron chi connectivity index (χ1n) is 6.38. The highest BCUT2D eigenvalue weighted by Crippen LogP contribution is 2.26. The zero-order valence-electron chi connectivity index (χ0n) is 11.3. The lowest BCUT2D eigenvalue weighted by atomic mass is 10.2. The van der Waals surface area contributed by atoms with Crippen molar-refractivity contribution in [2.45, 2.75) is 39.4 Å². The zero-order valence-corrected chi connectivity index (χ0v) is 11.3. The quantitative estimate of drug-likeness (QED) is 0.756. The van der Waals surface area contributed by atoms with Crippen LogP contribution in [-0.2, 0) is 11.4 Å². The molecule has 1 atom stereocenters. The van der Waals surface area contributed by atoms with Crippen molar-refractivity contribution < 1.29 is 24.5 Å². The molecular formula is C14H20O5. The van der Waals surface area contributed by atoms with Gasteiger partial charge in [0.1, 0.15) is 11.5 Å². The van der Waals surface area contributed by atoms with E-state index >= 15 is 0 Å². The van der Waals surface area contributed by atoms with E-state index in [-0.39, 0.29) is 6.61 Å². The van der Waals surface area contributed by atoms with Crippen molar-refractivity contribution in [3.63, 3.8) is 0 Å². The maximum atomic E-state index is 11.0. The van der Waals surface area contributed by atoms with Crippen LogP contribution in [-0.4, -0.2) is 28.9 Å². The number of carboxylic acids is 1. The minimum atomic E-state index is -1.02. The first kappa shape index (κ1) is 15.3. The van der Waals surface area contributed by atoms with Crippen LogP contribution in [0.2, 0.25) is 0 Å². The number of carbonyl (C=O) groups is 1. The zero-order chi connectivity index (χ0) is 14.3. The molecule has 0 saturated heterocycles. The maximum absolute atomic E-state index is 11.0. The fourth-order valence-corrected chi connectivity index (χ4v) is 1.55. The Kier molecular flexibility index (Phi) is 6.15. The summed E-state index contributed by atoms with van der Waals surface area (Å²) in [6.45, 7) is 4.10. The molecular weight excluding hydrogens is 248 g/mol. The van der Waals surface area contributed by atoms with E-state index in [0.29, 0.717) is 30.1 Å². The second-order valence-electron chi connectivity index (χ2n) is 4.13. The van der Waals surface area contributed by atoms with Crippen molar-refractivity contribution in [1.29, 1.82) is 0 Å². The van der Waals surface area contributed by atoms with Crippen molar-refractivity contribution in [2.75, 3.05) is 6.61 Å². The number of benzene rings is 1. The van der Waals surface area contributed by atoms with Crippen LogP contribution in [0.5, 0.6) is 11.5 Å². The van der Waals surface area contributed by atoms with E-state index in [4.69, 9.17) is 14.6 Å². The van der Waals surface area contributed by atoms with Crippen molar-refractivity contribution in [2.24, 2.45) is 0 Å². The minimum Gasteiger partial charge on any atom is -0.493 e. The second-order valence-corrected chi connectivity index (χ2v) is 4.13. The van der Waals surface area contributed by atoms with E-state index in [2.05, 4.69) is 0 Å². The molecule has 0 heterocycles. The largest absolute Gasteiger partial charge is 0.493 e. The van der Waals surface area contributed by atoms with Crippen LogP contribution in [0.15, 0.2) is 18.2 Å². The molecule has 0 bridgehead atoms. The van der Waals surface area contributed by atoms with Crippen LogP contribution in [0.1, 0.15) is 32.3 Å². The van der Waals surface area contributed by atoms with Gasteiger partial charge in [-0.15, -0.1) is 0 Å². The summed E-state index contributed by atoms with van der Waals surface area (Å²) in [6.07, 6.45) is 0.303. The molecule has 0 spiro atoms. The van der Waals surface area contributed by atoms with E-state index in [9.17, 15) is 9.90 Å². The molecule has 0 radical (unpaired) electrons. The molecule has 19 heavy (non-hydrogen) atoms. The van der Waals surface area contributed by atoms with E-state index in [1.54, 1.807) is 25.1 Å². The van der Waals surface area contributed by atoms with Crippen LogP contribution in [0, 0.1) is 0 Å². The smallest absolute Gasteiger partial charge is 0.344 e. The lowest BCUT2D eigenvalue weighted by molar-refractivity contribution is -0.145. The summed E-state index contributed by atoms with van der Waals surface area (Å²) in [4.78, 5) is 11.0. The first-order valence-corrected chi connectivity index (χ1v) is 6.38. The lowest BCUT2D eigenvalue weighted by Crippen LogP contribution is -2.26. The number of aliphatic hydroxyl groups excluding tert-OH is 1. The number of hydrogen-bond acceptors (Lipinski definition) is 4. The molecule has 0 amide bonds. The third kappa shape index (κ3) is 4.44. The Bertz CT molecular complexity index is 416. The lowest BCUT2D eigenvalue weighted by Gasteiger charge is -2.16. The first-order chi connectivity index (χ1) is 9.12. The molecule has 1 rings (SSSR count). The average molecular weight is 268 g/mol. The molecule has 0 aromatic heterocycles. The van der Waals surface area contributed by atoms with Gasteiger partial charge in [0.05, 0.1) is 13.2 Å². The molecule has 0 saturated carbocycles. The Balaban J connectivity index is 2.91. The minimum absolute atomic E-state index is 0.209. The molecule has 0 aliphatic rings. The third-order valence-electron chi connectivity index (χ3n) is 2.60. The van der Waals surface area contributed by atoms with E-state index in [1.165, 1.54) is 0 Å². The summed E-state index contributed by atoms with van der Waals surface area (Å²) < 4.78 is 10.9. The van der Waals surface area contributed by atoms with Crippen LogP contribution in [0.3, 0.4) is 0 Å². The number of hydrogen-bond donors (Lipinski definition) is 2. The molecule has 5 heteroatoms. The Labute approximate surface area is 112 Å². The summed E-state index contributed by atoms with van der Waals surface area (Å²) in [5.41, 5.74) is 0.545. The number of ether oxygens (including phenoxy) is 2. The Morgan fingerprint density at radius 3 is 2.63 bits per heavy atom. The van der Waals surface area contributed by atoms with Crippen LogP contribution < -0.4 is 9.47 Å². The molecule has 0 fully saturated rings. The fraction of sp³-hybridized carbons (Fsp3) is 0.500. The summed E-state index contributed by atoms with van der Waals surface area (Å²) in [5.74, 6) is -0.0640. The van der Waals surface area contributed by atoms with Gasteiger partial charge in [0.25, 0.3) is 0 Å². The molecule has 1 aromatic rings. The predicted molar refractivity (Wildman–Crippen MR) is 70.5 cm³/mol. The van der Waals surface area contributed by atoms with Gasteiger partial charge in [-0.2, -0.15) is 0 Å². The SMILES string of the molecule is CCCOc1ccc(CO)c(OC(CC)C(=O)O)c1. The molecule has 1 aromatic carbocycles. The van der Waals surface area contributed by atoms with Crippen LogP contribution in [0.4, 0.5) is 0 Å². The van der Waals surface area contributed by atoms with E-state index in [0.717, 1.165) is 6.42 Å².